The van der Waals surface area contributed by atoms with Gasteiger partial charge in [0.15, 0.2) is 6.61 Å². The summed E-state index contributed by atoms with van der Waals surface area (Å²) in [4.78, 5) is 23.8. The number of ketones is 1. The molecule has 0 atom stereocenters. The molecule has 0 radical (unpaired) electrons. The maximum absolute atomic E-state index is 12.0. The van der Waals surface area contributed by atoms with E-state index in [1.807, 2.05) is 39.0 Å². The summed E-state index contributed by atoms with van der Waals surface area (Å²) in [6.07, 6.45) is 1.60. The van der Waals surface area contributed by atoms with Crippen molar-refractivity contribution in [3.63, 3.8) is 0 Å². The summed E-state index contributed by atoms with van der Waals surface area (Å²) < 4.78 is 5.69. The van der Waals surface area contributed by atoms with Gasteiger partial charge >= 0.3 is 0 Å². The highest BCUT2D eigenvalue weighted by atomic mass is 16.5. The molecule has 0 heterocycles. The molecule has 0 spiro atoms. The number of rotatable bonds is 5. The molecule has 1 aliphatic rings. The van der Waals surface area contributed by atoms with Gasteiger partial charge in [-0.15, -0.1) is 0 Å². The number of ether oxygens (including phenoxy) is 1. The van der Waals surface area contributed by atoms with E-state index < -0.39 is 0 Å². The van der Waals surface area contributed by atoms with E-state index in [1.54, 1.807) is 0 Å². The lowest BCUT2D eigenvalue weighted by atomic mass is 9.76. The number of hydrogen-bond acceptors (Lipinski definition) is 4. The second kappa shape index (κ2) is 7.81. The van der Waals surface area contributed by atoms with Crippen LogP contribution in [0.2, 0.25) is 0 Å². The minimum absolute atomic E-state index is 0.0941. The van der Waals surface area contributed by atoms with Crippen molar-refractivity contribution in [2.75, 3.05) is 6.61 Å². The molecule has 25 heavy (non-hydrogen) atoms. The fourth-order valence-corrected chi connectivity index (χ4v) is 3.14. The number of nitrogens with zero attached hydrogens (tertiary/aromatic N) is 1. The van der Waals surface area contributed by atoms with E-state index in [-0.39, 0.29) is 23.7 Å². The summed E-state index contributed by atoms with van der Waals surface area (Å²) in [5, 5.41) is 4.13. The van der Waals surface area contributed by atoms with Crippen molar-refractivity contribution < 1.29 is 14.3 Å². The molecule has 1 aliphatic carbocycles. The van der Waals surface area contributed by atoms with Crippen molar-refractivity contribution in [3.8, 4) is 5.75 Å². The standard InChI is InChI=1S/C20H28N2O3/c1-13(2)17-7-6-14(3)8-18(17)25-12-19(24)22-21-15-9-16(23)11-20(4,5)10-15/h6-8,13H,9-12H2,1-5H3,(H,22,24). The number of Topliss-reactive ketones (excluding diaryl/α,β-unsaturated/α-hetero) is 1. The molecule has 1 aromatic carbocycles. The Bertz CT molecular complexity index is 690. The quantitative estimate of drug-likeness (QED) is 0.827. The predicted octanol–water partition coefficient (Wildman–Crippen LogP) is 3.75. The van der Waals surface area contributed by atoms with Crippen LogP contribution in [0.5, 0.6) is 5.75 Å². The second-order valence-electron chi connectivity index (χ2n) is 7.93. The van der Waals surface area contributed by atoms with E-state index in [0.29, 0.717) is 18.8 Å². The van der Waals surface area contributed by atoms with Crippen LogP contribution in [0, 0.1) is 12.3 Å². The van der Waals surface area contributed by atoms with Crippen LogP contribution < -0.4 is 10.2 Å². The van der Waals surface area contributed by atoms with Gasteiger partial charge in [-0.25, -0.2) is 5.43 Å². The fourth-order valence-electron chi connectivity index (χ4n) is 3.14. The van der Waals surface area contributed by atoms with Crippen LogP contribution in [0.3, 0.4) is 0 Å². The largest absolute Gasteiger partial charge is 0.483 e. The van der Waals surface area contributed by atoms with Gasteiger partial charge in [0, 0.05) is 18.6 Å². The Morgan fingerprint density at radius 1 is 1.32 bits per heavy atom. The zero-order valence-corrected chi connectivity index (χ0v) is 15.8. The molecular formula is C20H28N2O3. The molecule has 0 aliphatic heterocycles. The molecule has 1 amide bonds. The minimum Gasteiger partial charge on any atom is -0.483 e. The van der Waals surface area contributed by atoms with Gasteiger partial charge in [-0.3, -0.25) is 9.59 Å². The lowest BCUT2D eigenvalue weighted by Gasteiger charge is -2.29. The van der Waals surface area contributed by atoms with Crippen molar-refractivity contribution in [2.24, 2.45) is 10.5 Å². The Morgan fingerprint density at radius 2 is 2.04 bits per heavy atom. The van der Waals surface area contributed by atoms with Gasteiger partial charge in [-0.2, -0.15) is 5.10 Å². The molecule has 0 saturated heterocycles. The Hall–Kier alpha value is -2.17. The zero-order valence-electron chi connectivity index (χ0n) is 15.8. The monoisotopic (exact) mass is 344 g/mol. The van der Waals surface area contributed by atoms with Gasteiger partial charge in [0.2, 0.25) is 0 Å². The van der Waals surface area contributed by atoms with E-state index in [4.69, 9.17) is 4.74 Å². The topological polar surface area (TPSA) is 67.8 Å². The normalized spacial score (nSPS) is 18.5. The van der Waals surface area contributed by atoms with Crippen LogP contribution >= 0.6 is 0 Å². The summed E-state index contributed by atoms with van der Waals surface area (Å²) in [7, 11) is 0. The van der Waals surface area contributed by atoms with Gasteiger partial charge in [-0.1, -0.05) is 39.8 Å². The average Bonchev–Trinajstić information content (AvgIpc) is 2.48. The Kier molecular flexibility index (Phi) is 5.98. The predicted molar refractivity (Wildman–Crippen MR) is 99.0 cm³/mol. The van der Waals surface area contributed by atoms with Crippen LogP contribution in [-0.4, -0.2) is 24.0 Å². The Labute approximate surface area is 149 Å². The summed E-state index contributed by atoms with van der Waals surface area (Å²) >= 11 is 0. The van der Waals surface area contributed by atoms with Crippen molar-refractivity contribution in [1.29, 1.82) is 0 Å². The second-order valence-corrected chi connectivity index (χ2v) is 7.93. The zero-order chi connectivity index (χ0) is 18.6. The highest BCUT2D eigenvalue weighted by Crippen LogP contribution is 2.31. The van der Waals surface area contributed by atoms with Crippen LogP contribution in [0.15, 0.2) is 23.3 Å². The lowest BCUT2D eigenvalue weighted by molar-refractivity contribution is -0.123. The number of hydrogen-bond donors (Lipinski definition) is 1. The third kappa shape index (κ3) is 5.69. The van der Waals surface area contributed by atoms with Gasteiger partial charge < -0.3 is 4.74 Å². The first-order valence-corrected chi connectivity index (χ1v) is 8.75. The summed E-state index contributed by atoms with van der Waals surface area (Å²) in [5.74, 6) is 0.891. The molecule has 0 bridgehead atoms. The van der Waals surface area contributed by atoms with E-state index >= 15 is 0 Å². The van der Waals surface area contributed by atoms with Crippen molar-refractivity contribution in [3.05, 3.63) is 29.3 Å². The number of benzene rings is 1. The SMILES string of the molecule is Cc1ccc(C(C)C)c(OCC(=O)NN=C2CC(=O)CC(C)(C)C2)c1. The van der Waals surface area contributed by atoms with Gasteiger partial charge in [-0.05, 0) is 41.9 Å². The minimum atomic E-state index is -0.320. The van der Waals surface area contributed by atoms with Gasteiger partial charge in [0.25, 0.3) is 5.91 Å². The Morgan fingerprint density at radius 3 is 2.68 bits per heavy atom. The molecule has 1 fully saturated rings. The summed E-state index contributed by atoms with van der Waals surface area (Å²) in [6.45, 7) is 10.1. The number of amides is 1. The first-order valence-electron chi connectivity index (χ1n) is 8.75. The molecule has 2 rings (SSSR count). The Balaban J connectivity index is 1.94. The number of nitrogens with one attached hydrogen (secondary N) is 1. The lowest BCUT2D eigenvalue weighted by Crippen LogP contribution is -2.32. The van der Waals surface area contributed by atoms with Gasteiger partial charge in [0.05, 0.1) is 0 Å². The first kappa shape index (κ1) is 19.2. The molecular weight excluding hydrogens is 316 g/mol. The van der Waals surface area contributed by atoms with Crippen molar-refractivity contribution >= 4 is 17.4 Å². The maximum Gasteiger partial charge on any atom is 0.277 e. The molecule has 1 saturated carbocycles. The van der Waals surface area contributed by atoms with Crippen LogP contribution in [-0.2, 0) is 9.59 Å². The van der Waals surface area contributed by atoms with Crippen LogP contribution in [0.1, 0.15) is 64.0 Å². The van der Waals surface area contributed by atoms with Crippen LogP contribution in [0.25, 0.3) is 0 Å². The fraction of sp³-hybridized carbons (Fsp3) is 0.550. The van der Waals surface area contributed by atoms with Crippen molar-refractivity contribution in [1.82, 2.24) is 5.43 Å². The number of carbonyl (C=O) groups excluding carboxylic acids is 2. The third-order valence-electron chi connectivity index (χ3n) is 4.25. The number of hydrazone groups is 1. The average molecular weight is 344 g/mol. The third-order valence-corrected chi connectivity index (χ3v) is 4.25. The molecule has 5 heteroatoms. The number of aryl methyl sites for hydroxylation is 1. The highest BCUT2D eigenvalue weighted by molar-refractivity contribution is 6.05. The molecule has 0 unspecified atom stereocenters. The molecule has 1 aromatic rings. The summed E-state index contributed by atoms with van der Waals surface area (Å²) in [6, 6.07) is 6.01. The van der Waals surface area contributed by atoms with Gasteiger partial charge in [0.1, 0.15) is 11.5 Å². The maximum atomic E-state index is 12.0. The molecule has 1 N–H and O–H groups in total. The first-order chi connectivity index (χ1) is 11.7. The molecule has 136 valence electrons. The highest BCUT2D eigenvalue weighted by Gasteiger charge is 2.30. The van der Waals surface area contributed by atoms with E-state index in [9.17, 15) is 9.59 Å². The smallest absolute Gasteiger partial charge is 0.277 e. The molecule has 5 nitrogen and oxygen atoms in total. The van der Waals surface area contributed by atoms with E-state index in [1.165, 1.54) is 0 Å². The summed E-state index contributed by atoms with van der Waals surface area (Å²) in [5.41, 5.74) is 5.31. The number of carbonyl (C=O) groups is 2. The van der Waals surface area contributed by atoms with E-state index in [2.05, 4.69) is 24.4 Å². The van der Waals surface area contributed by atoms with Crippen LogP contribution in [0.4, 0.5) is 0 Å². The molecule has 0 aromatic heterocycles. The van der Waals surface area contributed by atoms with Crippen molar-refractivity contribution in [2.45, 2.75) is 59.8 Å². The van der Waals surface area contributed by atoms with E-state index in [0.717, 1.165) is 29.0 Å².